The maximum Gasteiger partial charge on any atom is 0.348 e. The van der Waals surface area contributed by atoms with Crippen LogP contribution in [-0.4, -0.2) is 55.0 Å². The molecular weight excluding hydrogens is 406 g/mol. The molecule has 162 valence electrons. The molecule has 2 aromatic heterocycles. The first kappa shape index (κ1) is 22.0. The standard InChI is InChI=1S/C21H27N3O5S/c1-4-28-21(27)19-13(2)11-18(30-19)23-17(25)12-24-9-7-15(8-10-24)22-20(26)16-6-5-14(3)29-16/h5-6,11,15H,4,7-10,12H2,1-3H3,(H,22,26)(H,23,25). The fourth-order valence-corrected chi connectivity index (χ4v) is 4.35. The van der Waals surface area contributed by atoms with Gasteiger partial charge in [-0.1, -0.05) is 0 Å². The number of carbonyl (C=O) groups is 3. The molecule has 0 aromatic carbocycles. The number of aryl methyl sites for hydroxylation is 2. The highest BCUT2D eigenvalue weighted by Crippen LogP contribution is 2.27. The van der Waals surface area contributed by atoms with Gasteiger partial charge in [-0.3, -0.25) is 14.5 Å². The Morgan fingerprint density at radius 3 is 2.60 bits per heavy atom. The Morgan fingerprint density at radius 1 is 1.23 bits per heavy atom. The summed E-state index contributed by atoms with van der Waals surface area (Å²) in [6, 6.07) is 5.28. The number of likely N-dealkylation sites (tertiary alicyclic amines) is 1. The molecule has 0 radical (unpaired) electrons. The topological polar surface area (TPSA) is 101 Å². The van der Waals surface area contributed by atoms with E-state index in [4.69, 9.17) is 9.15 Å². The number of nitrogens with one attached hydrogen (secondary N) is 2. The maximum atomic E-state index is 12.4. The van der Waals surface area contributed by atoms with E-state index >= 15 is 0 Å². The van der Waals surface area contributed by atoms with Crippen molar-refractivity contribution in [3.63, 3.8) is 0 Å². The lowest BCUT2D eigenvalue weighted by molar-refractivity contribution is -0.117. The van der Waals surface area contributed by atoms with Gasteiger partial charge in [0.25, 0.3) is 5.91 Å². The van der Waals surface area contributed by atoms with Crippen LogP contribution in [0.1, 0.15) is 51.3 Å². The normalized spacial score (nSPS) is 15.0. The Kier molecular flexibility index (Phi) is 7.28. The number of nitrogens with zero attached hydrogens (tertiary/aromatic N) is 1. The minimum absolute atomic E-state index is 0.0642. The Balaban J connectivity index is 1.43. The van der Waals surface area contributed by atoms with Crippen LogP contribution >= 0.6 is 11.3 Å². The first-order chi connectivity index (χ1) is 14.4. The zero-order valence-electron chi connectivity index (χ0n) is 17.4. The highest BCUT2D eigenvalue weighted by atomic mass is 32.1. The molecule has 3 rings (SSSR count). The van der Waals surface area contributed by atoms with Crippen LogP contribution in [0.2, 0.25) is 0 Å². The molecule has 1 aliphatic rings. The number of ether oxygens (including phenoxy) is 1. The third-order valence-electron chi connectivity index (χ3n) is 4.90. The van der Waals surface area contributed by atoms with Crippen molar-refractivity contribution >= 4 is 34.1 Å². The number of esters is 1. The molecule has 3 heterocycles. The Hall–Kier alpha value is -2.65. The lowest BCUT2D eigenvalue weighted by Crippen LogP contribution is -2.46. The average Bonchev–Trinajstić information content (AvgIpc) is 3.29. The first-order valence-corrected chi connectivity index (χ1v) is 10.8. The van der Waals surface area contributed by atoms with Crippen LogP contribution in [0.3, 0.4) is 0 Å². The summed E-state index contributed by atoms with van der Waals surface area (Å²) < 4.78 is 10.4. The van der Waals surface area contributed by atoms with E-state index in [0.29, 0.717) is 41.1 Å². The minimum Gasteiger partial charge on any atom is -0.462 e. The van der Waals surface area contributed by atoms with Crippen LogP contribution in [-0.2, 0) is 9.53 Å². The van der Waals surface area contributed by atoms with Gasteiger partial charge in [0, 0.05) is 19.1 Å². The highest BCUT2D eigenvalue weighted by Gasteiger charge is 2.24. The number of piperidine rings is 1. The zero-order chi connectivity index (χ0) is 21.7. The van der Waals surface area contributed by atoms with Gasteiger partial charge in [-0.2, -0.15) is 0 Å². The van der Waals surface area contributed by atoms with Crippen molar-refractivity contribution in [3.8, 4) is 0 Å². The van der Waals surface area contributed by atoms with Crippen molar-refractivity contribution in [2.75, 3.05) is 31.6 Å². The van der Waals surface area contributed by atoms with Gasteiger partial charge in [0.1, 0.15) is 10.6 Å². The van der Waals surface area contributed by atoms with Crippen LogP contribution in [0.4, 0.5) is 5.00 Å². The van der Waals surface area contributed by atoms with Gasteiger partial charge < -0.3 is 19.8 Å². The van der Waals surface area contributed by atoms with E-state index in [1.165, 1.54) is 11.3 Å². The smallest absolute Gasteiger partial charge is 0.348 e. The van der Waals surface area contributed by atoms with E-state index in [1.54, 1.807) is 32.0 Å². The molecule has 1 aliphatic heterocycles. The molecule has 0 bridgehead atoms. The van der Waals surface area contributed by atoms with E-state index in [0.717, 1.165) is 18.4 Å². The van der Waals surface area contributed by atoms with Crippen LogP contribution in [0.5, 0.6) is 0 Å². The minimum atomic E-state index is -0.366. The summed E-state index contributed by atoms with van der Waals surface area (Å²) in [6.45, 7) is 7.40. The Bertz CT molecular complexity index is 912. The van der Waals surface area contributed by atoms with Gasteiger partial charge in [-0.05, 0) is 57.4 Å². The summed E-state index contributed by atoms with van der Waals surface area (Å²) in [7, 11) is 0. The van der Waals surface area contributed by atoms with Crippen molar-refractivity contribution in [1.82, 2.24) is 10.2 Å². The molecule has 0 aliphatic carbocycles. The predicted octanol–water partition coefficient (Wildman–Crippen LogP) is 2.97. The molecule has 2 amide bonds. The highest BCUT2D eigenvalue weighted by molar-refractivity contribution is 7.18. The van der Waals surface area contributed by atoms with E-state index in [-0.39, 0.29) is 30.4 Å². The summed E-state index contributed by atoms with van der Waals surface area (Å²) in [4.78, 5) is 39.1. The molecule has 0 unspecified atom stereocenters. The number of furan rings is 1. The lowest BCUT2D eigenvalue weighted by atomic mass is 10.0. The molecule has 0 spiro atoms. The molecule has 30 heavy (non-hydrogen) atoms. The SMILES string of the molecule is CCOC(=O)c1sc(NC(=O)CN2CCC(NC(=O)c3ccc(C)o3)CC2)cc1C. The molecular formula is C21H27N3O5S. The fourth-order valence-electron chi connectivity index (χ4n) is 3.37. The molecule has 1 fully saturated rings. The number of anilines is 1. The number of carbonyl (C=O) groups excluding carboxylic acids is 3. The van der Waals surface area contributed by atoms with Crippen LogP contribution < -0.4 is 10.6 Å². The second-order valence-corrected chi connectivity index (χ2v) is 8.38. The summed E-state index contributed by atoms with van der Waals surface area (Å²) in [5.74, 6) is 0.332. The van der Waals surface area contributed by atoms with Crippen LogP contribution in [0.25, 0.3) is 0 Å². The quantitative estimate of drug-likeness (QED) is 0.651. The summed E-state index contributed by atoms with van der Waals surface area (Å²) in [5, 5.41) is 6.49. The van der Waals surface area contributed by atoms with Gasteiger partial charge in [-0.25, -0.2) is 4.79 Å². The molecule has 8 nitrogen and oxygen atoms in total. The molecule has 0 saturated carbocycles. The summed E-state index contributed by atoms with van der Waals surface area (Å²) in [6.07, 6.45) is 1.54. The molecule has 0 atom stereocenters. The van der Waals surface area contributed by atoms with Crippen molar-refractivity contribution in [3.05, 3.63) is 40.2 Å². The largest absolute Gasteiger partial charge is 0.462 e. The van der Waals surface area contributed by atoms with E-state index in [2.05, 4.69) is 15.5 Å². The van der Waals surface area contributed by atoms with E-state index in [1.807, 2.05) is 6.92 Å². The van der Waals surface area contributed by atoms with Crippen LogP contribution in [0.15, 0.2) is 22.6 Å². The van der Waals surface area contributed by atoms with Crippen molar-refractivity contribution in [1.29, 1.82) is 0 Å². The van der Waals surface area contributed by atoms with Gasteiger partial charge >= 0.3 is 5.97 Å². The predicted molar refractivity (Wildman–Crippen MR) is 114 cm³/mol. The lowest BCUT2D eigenvalue weighted by Gasteiger charge is -2.31. The fraction of sp³-hybridized carbons (Fsp3) is 0.476. The van der Waals surface area contributed by atoms with Crippen molar-refractivity contribution < 1.29 is 23.5 Å². The number of amides is 2. The number of thiophene rings is 1. The Labute approximate surface area is 179 Å². The first-order valence-electron chi connectivity index (χ1n) is 10.0. The summed E-state index contributed by atoms with van der Waals surface area (Å²) >= 11 is 1.22. The van der Waals surface area contributed by atoms with Gasteiger partial charge in [0.2, 0.25) is 5.91 Å². The molecule has 2 aromatic rings. The van der Waals surface area contributed by atoms with Gasteiger partial charge in [0.15, 0.2) is 5.76 Å². The summed E-state index contributed by atoms with van der Waals surface area (Å²) in [5.41, 5.74) is 0.789. The molecule has 1 saturated heterocycles. The molecule has 9 heteroatoms. The van der Waals surface area contributed by atoms with Gasteiger partial charge in [-0.15, -0.1) is 11.3 Å². The monoisotopic (exact) mass is 433 g/mol. The van der Waals surface area contributed by atoms with Gasteiger partial charge in [0.05, 0.1) is 18.2 Å². The average molecular weight is 434 g/mol. The van der Waals surface area contributed by atoms with Crippen molar-refractivity contribution in [2.24, 2.45) is 0 Å². The third-order valence-corrected chi connectivity index (χ3v) is 6.03. The Morgan fingerprint density at radius 2 is 1.97 bits per heavy atom. The number of rotatable bonds is 7. The second kappa shape index (κ2) is 9.90. The zero-order valence-corrected chi connectivity index (χ0v) is 18.3. The second-order valence-electron chi connectivity index (χ2n) is 7.33. The third kappa shape index (κ3) is 5.70. The van der Waals surface area contributed by atoms with Crippen LogP contribution in [0, 0.1) is 13.8 Å². The number of hydrogen-bond donors (Lipinski definition) is 2. The molecule has 2 N–H and O–H groups in total. The van der Waals surface area contributed by atoms with E-state index in [9.17, 15) is 14.4 Å². The number of hydrogen-bond acceptors (Lipinski definition) is 7. The van der Waals surface area contributed by atoms with E-state index < -0.39 is 0 Å². The van der Waals surface area contributed by atoms with Crippen molar-refractivity contribution in [2.45, 2.75) is 39.7 Å². The maximum absolute atomic E-state index is 12.4.